The predicted molar refractivity (Wildman–Crippen MR) is 87.9 cm³/mol. The van der Waals surface area contributed by atoms with Gasteiger partial charge in [0.15, 0.2) is 0 Å². The van der Waals surface area contributed by atoms with Crippen molar-refractivity contribution < 1.29 is 4.79 Å². The molecule has 2 aromatic carbocycles. The molecule has 106 valence electrons. The first kappa shape index (κ1) is 13.9. The standard InChI is InChI=1S/C17H16N2OSe/c1-11-8-9-14-13(10-11)16(15(19-14)17(20)18-2)21-12-6-4-3-5-7-12/h3-10,19H,1-2H3,(H,18,20). The topological polar surface area (TPSA) is 44.9 Å². The minimum atomic E-state index is -0.0586. The van der Waals surface area contributed by atoms with Crippen LogP contribution in [0, 0.1) is 6.92 Å². The Bertz CT molecular complexity index is 793. The summed E-state index contributed by atoms with van der Waals surface area (Å²) in [4.78, 5) is 15.4. The van der Waals surface area contributed by atoms with Gasteiger partial charge in [-0.2, -0.15) is 0 Å². The third-order valence-corrected chi connectivity index (χ3v) is 5.71. The summed E-state index contributed by atoms with van der Waals surface area (Å²) in [5, 5.41) is 3.87. The van der Waals surface area contributed by atoms with E-state index in [9.17, 15) is 4.79 Å². The van der Waals surface area contributed by atoms with Crippen molar-refractivity contribution in [2.24, 2.45) is 0 Å². The Morgan fingerprint density at radius 1 is 1.14 bits per heavy atom. The van der Waals surface area contributed by atoms with Crippen molar-refractivity contribution in [1.29, 1.82) is 0 Å². The molecule has 1 amide bonds. The number of nitrogens with one attached hydrogen (secondary N) is 2. The van der Waals surface area contributed by atoms with Gasteiger partial charge in [-0.3, -0.25) is 0 Å². The van der Waals surface area contributed by atoms with E-state index in [1.165, 1.54) is 10.0 Å². The van der Waals surface area contributed by atoms with Gasteiger partial charge in [0.2, 0.25) is 0 Å². The van der Waals surface area contributed by atoms with Crippen LogP contribution >= 0.6 is 0 Å². The van der Waals surface area contributed by atoms with Crippen LogP contribution < -0.4 is 14.2 Å². The second kappa shape index (κ2) is 5.76. The normalized spacial score (nSPS) is 10.8. The summed E-state index contributed by atoms with van der Waals surface area (Å²) in [6.07, 6.45) is 0. The number of aromatic amines is 1. The van der Waals surface area contributed by atoms with Gasteiger partial charge in [0.25, 0.3) is 0 Å². The van der Waals surface area contributed by atoms with Crippen molar-refractivity contribution >= 4 is 40.7 Å². The molecule has 0 fully saturated rings. The van der Waals surface area contributed by atoms with E-state index >= 15 is 0 Å². The Balaban J connectivity index is 2.17. The van der Waals surface area contributed by atoms with E-state index in [0.717, 1.165) is 15.4 Å². The van der Waals surface area contributed by atoms with Crippen molar-refractivity contribution in [3.8, 4) is 0 Å². The summed E-state index contributed by atoms with van der Waals surface area (Å²) in [5.74, 6) is -0.0586. The molecule has 0 saturated heterocycles. The summed E-state index contributed by atoms with van der Waals surface area (Å²) < 4.78 is 2.38. The average Bonchev–Trinajstić information content (AvgIpc) is 2.86. The Morgan fingerprint density at radius 2 is 1.90 bits per heavy atom. The minimum absolute atomic E-state index is 0.0586. The molecule has 0 spiro atoms. The van der Waals surface area contributed by atoms with E-state index in [4.69, 9.17) is 0 Å². The first-order valence-corrected chi connectivity index (χ1v) is 8.47. The Labute approximate surface area is 129 Å². The van der Waals surface area contributed by atoms with E-state index < -0.39 is 0 Å². The van der Waals surface area contributed by atoms with Crippen molar-refractivity contribution in [2.75, 3.05) is 7.05 Å². The number of benzene rings is 2. The summed E-state index contributed by atoms with van der Waals surface area (Å²) >= 11 is 0.0924. The van der Waals surface area contributed by atoms with Crippen LogP contribution in [0.3, 0.4) is 0 Å². The fraction of sp³-hybridized carbons (Fsp3) is 0.118. The molecule has 21 heavy (non-hydrogen) atoms. The number of aryl methyl sites for hydroxylation is 1. The first-order valence-electron chi connectivity index (χ1n) is 6.76. The van der Waals surface area contributed by atoms with Gasteiger partial charge in [0.05, 0.1) is 0 Å². The van der Waals surface area contributed by atoms with E-state index in [2.05, 4.69) is 41.5 Å². The summed E-state index contributed by atoms with van der Waals surface area (Å²) in [7, 11) is 1.67. The SMILES string of the molecule is CNC(=O)c1[nH]c2ccc(C)cc2c1[Se]c1ccccc1. The molecule has 0 atom stereocenters. The third-order valence-electron chi connectivity index (χ3n) is 3.32. The first-order chi connectivity index (χ1) is 10.2. The molecule has 1 aromatic heterocycles. The van der Waals surface area contributed by atoms with Crippen molar-refractivity contribution in [2.45, 2.75) is 6.92 Å². The van der Waals surface area contributed by atoms with Crippen molar-refractivity contribution in [1.82, 2.24) is 10.3 Å². The number of hydrogen-bond acceptors (Lipinski definition) is 1. The van der Waals surface area contributed by atoms with Gasteiger partial charge in [0, 0.05) is 0 Å². The molecule has 2 N–H and O–H groups in total. The zero-order valence-corrected chi connectivity index (χ0v) is 13.6. The molecular formula is C17H16N2OSe. The molecule has 1 heterocycles. The van der Waals surface area contributed by atoms with Crippen LogP contribution in [0.25, 0.3) is 10.9 Å². The predicted octanol–water partition coefficient (Wildman–Crippen LogP) is 1.49. The van der Waals surface area contributed by atoms with Crippen molar-refractivity contribution in [3.63, 3.8) is 0 Å². The molecule has 4 heteroatoms. The Hall–Kier alpha value is -2.03. The molecule has 0 bridgehead atoms. The fourth-order valence-corrected chi connectivity index (χ4v) is 4.49. The summed E-state index contributed by atoms with van der Waals surface area (Å²) in [5.41, 5.74) is 2.91. The van der Waals surface area contributed by atoms with E-state index in [0.29, 0.717) is 5.69 Å². The quantitative estimate of drug-likeness (QED) is 0.696. The number of H-pyrrole nitrogens is 1. The number of rotatable bonds is 3. The molecule has 3 aromatic rings. The number of carbonyl (C=O) groups excluding carboxylic acids is 1. The van der Waals surface area contributed by atoms with Gasteiger partial charge >= 0.3 is 130 Å². The molecular weight excluding hydrogens is 327 g/mol. The van der Waals surface area contributed by atoms with Gasteiger partial charge in [-0.15, -0.1) is 0 Å². The van der Waals surface area contributed by atoms with Gasteiger partial charge < -0.3 is 0 Å². The number of carbonyl (C=O) groups is 1. The molecule has 0 aliphatic rings. The van der Waals surface area contributed by atoms with Crippen LogP contribution in [0.1, 0.15) is 16.1 Å². The number of aromatic nitrogens is 1. The third kappa shape index (κ3) is 2.73. The summed E-state index contributed by atoms with van der Waals surface area (Å²) in [6, 6.07) is 16.6. The zero-order valence-electron chi connectivity index (χ0n) is 11.9. The molecule has 0 saturated carbocycles. The van der Waals surface area contributed by atoms with Crippen LogP contribution in [0.2, 0.25) is 0 Å². The van der Waals surface area contributed by atoms with Gasteiger partial charge in [0.1, 0.15) is 0 Å². The second-order valence-corrected chi connectivity index (χ2v) is 7.15. The molecule has 3 nitrogen and oxygen atoms in total. The van der Waals surface area contributed by atoms with Gasteiger partial charge in [-0.05, 0) is 0 Å². The molecule has 0 unspecified atom stereocenters. The number of amides is 1. The number of fused-ring (bicyclic) bond motifs is 1. The molecule has 0 aliphatic heterocycles. The van der Waals surface area contributed by atoms with Crippen LogP contribution in [-0.2, 0) is 0 Å². The molecule has 3 rings (SSSR count). The number of hydrogen-bond donors (Lipinski definition) is 2. The van der Waals surface area contributed by atoms with Crippen molar-refractivity contribution in [3.05, 3.63) is 59.8 Å². The molecule has 0 aliphatic carbocycles. The zero-order chi connectivity index (χ0) is 14.8. The van der Waals surface area contributed by atoms with Crippen LogP contribution in [0.4, 0.5) is 0 Å². The maximum absolute atomic E-state index is 12.1. The van der Waals surface area contributed by atoms with Crippen LogP contribution in [0.15, 0.2) is 48.5 Å². The maximum atomic E-state index is 12.1. The van der Waals surface area contributed by atoms with Gasteiger partial charge in [-0.1, -0.05) is 0 Å². The monoisotopic (exact) mass is 344 g/mol. The van der Waals surface area contributed by atoms with Crippen LogP contribution in [-0.4, -0.2) is 32.9 Å². The summed E-state index contributed by atoms with van der Waals surface area (Å²) in [6.45, 7) is 2.07. The van der Waals surface area contributed by atoms with Crippen LogP contribution in [0.5, 0.6) is 0 Å². The van der Waals surface area contributed by atoms with E-state index in [1.54, 1.807) is 7.05 Å². The fourth-order valence-electron chi connectivity index (χ4n) is 2.28. The van der Waals surface area contributed by atoms with E-state index in [-0.39, 0.29) is 20.9 Å². The Kier molecular flexibility index (Phi) is 3.82. The molecule has 0 radical (unpaired) electrons. The van der Waals surface area contributed by atoms with E-state index in [1.807, 2.05) is 24.3 Å². The average molecular weight is 343 g/mol. The van der Waals surface area contributed by atoms with Gasteiger partial charge in [-0.25, -0.2) is 0 Å². The second-order valence-electron chi connectivity index (χ2n) is 4.87. The Morgan fingerprint density at radius 3 is 2.62 bits per heavy atom.